The third kappa shape index (κ3) is 5.40. The molecule has 1 atom stereocenters. The van der Waals surface area contributed by atoms with Crippen LogP contribution in [0.25, 0.3) is 0 Å². The Balaban J connectivity index is 1.52. The van der Waals surface area contributed by atoms with Gasteiger partial charge in [-0.25, -0.2) is 0 Å². The summed E-state index contributed by atoms with van der Waals surface area (Å²) in [4.78, 5) is 14.4. The summed E-state index contributed by atoms with van der Waals surface area (Å²) < 4.78 is 11.0. The molecule has 0 aliphatic carbocycles. The van der Waals surface area contributed by atoms with Crippen molar-refractivity contribution in [2.75, 3.05) is 43.1 Å². The fourth-order valence-corrected chi connectivity index (χ4v) is 3.42. The first-order valence-electron chi connectivity index (χ1n) is 9.71. The number of benzene rings is 2. The Bertz CT molecular complexity index is 789. The molecule has 0 spiro atoms. The van der Waals surface area contributed by atoms with Gasteiger partial charge in [-0.15, -0.1) is 0 Å². The number of hydrogen-bond donors (Lipinski definition) is 1. The molecule has 1 aliphatic rings. The fourth-order valence-electron chi connectivity index (χ4n) is 3.12. The van der Waals surface area contributed by atoms with Crippen LogP contribution in [-0.4, -0.2) is 38.8 Å². The Hall–Kier alpha value is -2.24. The molecule has 150 valence electrons. The van der Waals surface area contributed by atoms with Gasteiger partial charge in [-0.05, 0) is 48.2 Å². The van der Waals surface area contributed by atoms with Gasteiger partial charge >= 0.3 is 0 Å². The van der Waals surface area contributed by atoms with Crippen molar-refractivity contribution in [2.45, 2.75) is 26.2 Å². The van der Waals surface area contributed by atoms with Crippen LogP contribution in [0.2, 0.25) is 5.02 Å². The van der Waals surface area contributed by atoms with Crippen molar-refractivity contribution < 1.29 is 14.3 Å². The smallest absolute Gasteiger partial charge is 0.262 e. The van der Waals surface area contributed by atoms with Gasteiger partial charge in [0.15, 0.2) is 6.61 Å². The maximum absolute atomic E-state index is 12.2. The highest BCUT2D eigenvalue weighted by Crippen LogP contribution is 2.29. The van der Waals surface area contributed by atoms with Gasteiger partial charge in [0.25, 0.3) is 5.91 Å². The number of carbonyl (C=O) groups is 1. The number of amides is 1. The predicted octanol–water partition coefficient (Wildman–Crippen LogP) is 4.71. The molecule has 1 saturated heterocycles. The zero-order valence-corrected chi connectivity index (χ0v) is 17.2. The molecule has 1 N–H and O–H groups in total. The monoisotopic (exact) mass is 402 g/mol. The Kier molecular flexibility index (Phi) is 7.18. The molecule has 5 nitrogen and oxygen atoms in total. The molecule has 0 aromatic heterocycles. The topological polar surface area (TPSA) is 50.8 Å². The average Bonchev–Trinajstić information content (AvgIpc) is 2.73. The predicted molar refractivity (Wildman–Crippen MR) is 114 cm³/mol. The first-order chi connectivity index (χ1) is 13.6. The molecule has 1 fully saturated rings. The third-order valence-electron chi connectivity index (χ3n) is 5.01. The van der Waals surface area contributed by atoms with Crippen LogP contribution in [0, 0.1) is 0 Å². The number of nitrogens with zero attached hydrogens (tertiary/aromatic N) is 1. The van der Waals surface area contributed by atoms with Crippen molar-refractivity contribution in [1.82, 2.24) is 0 Å². The highest BCUT2D eigenvalue weighted by atomic mass is 35.5. The lowest BCUT2D eigenvalue weighted by molar-refractivity contribution is -0.118. The van der Waals surface area contributed by atoms with Crippen molar-refractivity contribution in [2.24, 2.45) is 0 Å². The van der Waals surface area contributed by atoms with E-state index in [9.17, 15) is 4.79 Å². The van der Waals surface area contributed by atoms with Crippen LogP contribution in [0.3, 0.4) is 0 Å². The number of rotatable bonds is 7. The molecular formula is C22H27ClN2O3. The SMILES string of the molecule is CC[C@H](C)c1ccc(OCC(=O)Nc2ccc(N3CCOCC3)c(Cl)c2)cc1. The summed E-state index contributed by atoms with van der Waals surface area (Å²) in [5.74, 6) is 0.978. The Morgan fingerprint density at radius 3 is 2.57 bits per heavy atom. The van der Waals surface area contributed by atoms with Crippen LogP contribution < -0.4 is 15.0 Å². The van der Waals surface area contributed by atoms with E-state index in [0.29, 0.717) is 35.6 Å². The quantitative estimate of drug-likeness (QED) is 0.728. The molecule has 28 heavy (non-hydrogen) atoms. The molecule has 0 saturated carbocycles. The molecule has 2 aromatic rings. The van der Waals surface area contributed by atoms with Gasteiger partial charge in [-0.3, -0.25) is 4.79 Å². The van der Waals surface area contributed by atoms with Gasteiger partial charge < -0.3 is 19.7 Å². The number of halogens is 1. The molecular weight excluding hydrogens is 376 g/mol. The van der Waals surface area contributed by atoms with Gasteiger partial charge in [0.1, 0.15) is 5.75 Å². The molecule has 0 bridgehead atoms. The van der Waals surface area contributed by atoms with Crippen molar-refractivity contribution in [3.8, 4) is 5.75 Å². The minimum Gasteiger partial charge on any atom is -0.484 e. The van der Waals surface area contributed by atoms with E-state index in [1.54, 1.807) is 6.07 Å². The van der Waals surface area contributed by atoms with Crippen molar-refractivity contribution in [3.63, 3.8) is 0 Å². The van der Waals surface area contributed by atoms with Crippen molar-refractivity contribution in [1.29, 1.82) is 0 Å². The number of carbonyl (C=O) groups excluding carboxylic acids is 1. The third-order valence-corrected chi connectivity index (χ3v) is 5.32. The highest BCUT2D eigenvalue weighted by Gasteiger charge is 2.15. The first kappa shape index (κ1) is 20.5. The zero-order valence-electron chi connectivity index (χ0n) is 16.4. The standard InChI is InChI=1S/C22H27ClN2O3/c1-3-16(2)17-4-7-19(8-5-17)28-15-22(26)24-18-6-9-21(20(23)14-18)25-10-12-27-13-11-25/h4-9,14,16H,3,10-13,15H2,1-2H3,(H,24,26)/t16-/m0/s1. The number of anilines is 2. The Morgan fingerprint density at radius 2 is 1.93 bits per heavy atom. The summed E-state index contributed by atoms with van der Waals surface area (Å²) in [6, 6.07) is 13.5. The van der Waals surface area contributed by atoms with Crippen LogP contribution in [-0.2, 0) is 9.53 Å². The van der Waals surface area contributed by atoms with Crippen LogP contribution in [0.1, 0.15) is 31.7 Å². The van der Waals surface area contributed by atoms with Crippen LogP contribution in [0.4, 0.5) is 11.4 Å². The van der Waals surface area contributed by atoms with E-state index in [2.05, 4.69) is 24.1 Å². The number of morpholine rings is 1. The van der Waals surface area contributed by atoms with E-state index in [1.165, 1.54) is 5.56 Å². The van der Waals surface area contributed by atoms with E-state index in [4.69, 9.17) is 21.1 Å². The molecule has 3 rings (SSSR count). The molecule has 2 aromatic carbocycles. The lowest BCUT2D eigenvalue weighted by Gasteiger charge is -2.29. The van der Waals surface area contributed by atoms with Crippen molar-refractivity contribution in [3.05, 3.63) is 53.1 Å². The summed E-state index contributed by atoms with van der Waals surface area (Å²) in [6.07, 6.45) is 1.09. The van der Waals surface area contributed by atoms with Crippen LogP contribution in [0.15, 0.2) is 42.5 Å². The summed E-state index contributed by atoms with van der Waals surface area (Å²) in [5, 5.41) is 3.44. The number of nitrogens with one attached hydrogen (secondary N) is 1. The second kappa shape index (κ2) is 9.80. The maximum atomic E-state index is 12.2. The van der Waals surface area contributed by atoms with E-state index >= 15 is 0 Å². The van der Waals surface area contributed by atoms with Gasteiger partial charge in [0, 0.05) is 18.8 Å². The van der Waals surface area contributed by atoms with Crippen LogP contribution in [0.5, 0.6) is 5.75 Å². The fraction of sp³-hybridized carbons (Fsp3) is 0.409. The second-order valence-electron chi connectivity index (χ2n) is 6.98. The number of hydrogen-bond acceptors (Lipinski definition) is 4. The summed E-state index contributed by atoms with van der Waals surface area (Å²) >= 11 is 6.41. The van der Waals surface area contributed by atoms with Gasteiger partial charge in [0.05, 0.1) is 23.9 Å². The first-order valence-corrected chi connectivity index (χ1v) is 10.1. The summed E-state index contributed by atoms with van der Waals surface area (Å²) in [6.45, 7) is 7.34. The minimum atomic E-state index is -0.221. The van der Waals surface area contributed by atoms with E-state index in [-0.39, 0.29) is 12.5 Å². The van der Waals surface area contributed by atoms with Gasteiger partial charge in [0.2, 0.25) is 0 Å². The normalized spacial score (nSPS) is 15.2. The zero-order chi connectivity index (χ0) is 19.9. The second-order valence-corrected chi connectivity index (χ2v) is 7.39. The highest BCUT2D eigenvalue weighted by molar-refractivity contribution is 6.33. The van der Waals surface area contributed by atoms with Gasteiger partial charge in [-0.2, -0.15) is 0 Å². The largest absolute Gasteiger partial charge is 0.484 e. The molecule has 1 amide bonds. The van der Waals surface area contributed by atoms with Gasteiger partial charge in [-0.1, -0.05) is 37.6 Å². The molecule has 1 aliphatic heterocycles. The molecule has 1 heterocycles. The maximum Gasteiger partial charge on any atom is 0.262 e. The summed E-state index contributed by atoms with van der Waals surface area (Å²) in [5.41, 5.74) is 2.89. The average molecular weight is 403 g/mol. The van der Waals surface area contributed by atoms with E-state index in [0.717, 1.165) is 25.2 Å². The molecule has 0 radical (unpaired) electrons. The number of ether oxygens (including phenoxy) is 2. The van der Waals surface area contributed by atoms with E-state index in [1.807, 2.05) is 36.4 Å². The van der Waals surface area contributed by atoms with Crippen LogP contribution >= 0.6 is 11.6 Å². The van der Waals surface area contributed by atoms with E-state index < -0.39 is 0 Å². The minimum absolute atomic E-state index is 0.0501. The molecule has 0 unspecified atom stereocenters. The van der Waals surface area contributed by atoms with Crippen molar-refractivity contribution >= 4 is 28.9 Å². The molecule has 6 heteroatoms. The Labute approximate surface area is 171 Å². The Morgan fingerprint density at radius 1 is 1.21 bits per heavy atom. The lowest BCUT2D eigenvalue weighted by atomic mass is 9.99. The summed E-state index contributed by atoms with van der Waals surface area (Å²) in [7, 11) is 0. The lowest BCUT2D eigenvalue weighted by Crippen LogP contribution is -2.36.